The van der Waals surface area contributed by atoms with Gasteiger partial charge in [-0.25, -0.2) is 4.99 Å². The first-order valence-corrected chi connectivity index (χ1v) is 8.33. The Balaban J connectivity index is 1.86. The second-order valence-electron chi connectivity index (χ2n) is 4.84. The Bertz CT molecular complexity index is 799. The van der Waals surface area contributed by atoms with Gasteiger partial charge in [0.05, 0.1) is 10.6 Å². The molecule has 1 amide bonds. The zero-order valence-electron chi connectivity index (χ0n) is 11.8. The van der Waals surface area contributed by atoms with Gasteiger partial charge < -0.3 is 5.32 Å². The molecule has 0 saturated carbocycles. The number of amidine groups is 1. The second-order valence-corrected chi connectivity index (χ2v) is 6.73. The molecule has 0 aromatic heterocycles. The highest BCUT2D eigenvalue weighted by Gasteiger charge is 2.23. The molecular formula is C17H13BrN2OS. The van der Waals surface area contributed by atoms with Crippen LogP contribution in [0.4, 0.5) is 5.69 Å². The summed E-state index contributed by atoms with van der Waals surface area (Å²) in [6.45, 7) is 2.02. The molecule has 0 spiro atoms. The molecule has 1 fully saturated rings. The van der Waals surface area contributed by atoms with Gasteiger partial charge in [-0.3, -0.25) is 4.79 Å². The molecule has 1 N–H and O–H groups in total. The number of halogens is 1. The van der Waals surface area contributed by atoms with Crippen molar-refractivity contribution in [3.05, 3.63) is 69.0 Å². The number of nitrogens with zero attached hydrogens (tertiary/aromatic N) is 1. The third kappa shape index (κ3) is 3.48. The lowest BCUT2D eigenvalue weighted by Crippen LogP contribution is -2.19. The Kier molecular flexibility index (Phi) is 4.45. The zero-order chi connectivity index (χ0) is 15.5. The summed E-state index contributed by atoms with van der Waals surface area (Å²) in [5.41, 5.74) is 2.95. The van der Waals surface area contributed by atoms with Gasteiger partial charge in [0, 0.05) is 4.47 Å². The Morgan fingerprint density at radius 3 is 2.77 bits per heavy atom. The molecule has 2 aromatic rings. The van der Waals surface area contributed by atoms with Crippen LogP contribution >= 0.6 is 27.7 Å². The lowest BCUT2D eigenvalue weighted by Gasteiger charge is -1.98. The molecule has 5 heteroatoms. The molecule has 1 aliphatic rings. The van der Waals surface area contributed by atoms with Crippen molar-refractivity contribution in [2.75, 3.05) is 0 Å². The molecule has 1 aliphatic heterocycles. The molecule has 0 aliphatic carbocycles. The molecule has 3 nitrogen and oxygen atoms in total. The quantitative estimate of drug-likeness (QED) is 0.779. The van der Waals surface area contributed by atoms with Gasteiger partial charge in [-0.1, -0.05) is 46.3 Å². The molecule has 2 aromatic carbocycles. The molecule has 1 heterocycles. The predicted octanol–water partition coefficient (Wildman–Crippen LogP) is 4.65. The predicted molar refractivity (Wildman–Crippen MR) is 96.1 cm³/mol. The number of amides is 1. The van der Waals surface area contributed by atoms with Crippen LogP contribution < -0.4 is 5.32 Å². The Morgan fingerprint density at radius 2 is 2.00 bits per heavy atom. The fraction of sp³-hybridized carbons (Fsp3) is 0.0588. The molecule has 0 atom stereocenters. The fourth-order valence-electron chi connectivity index (χ4n) is 2.03. The van der Waals surface area contributed by atoms with Gasteiger partial charge in [0.1, 0.15) is 0 Å². The third-order valence-electron chi connectivity index (χ3n) is 3.08. The third-order valence-corrected chi connectivity index (χ3v) is 4.71. The van der Waals surface area contributed by atoms with Crippen LogP contribution in [0.25, 0.3) is 6.08 Å². The van der Waals surface area contributed by atoms with Gasteiger partial charge in [-0.05, 0) is 54.1 Å². The van der Waals surface area contributed by atoms with Crippen LogP contribution in [0.2, 0.25) is 0 Å². The van der Waals surface area contributed by atoms with Gasteiger partial charge >= 0.3 is 0 Å². The van der Waals surface area contributed by atoms with E-state index in [1.807, 2.05) is 61.5 Å². The Hall–Kier alpha value is -1.85. The maximum Gasteiger partial charge on any atom is 0.264 e. The molecule has 110 valence electrons. The van der Waals surface area contributed by atoms with Crippen molar-refractivity contribution in [2.45, 2.75) is 6.92 Å². The minimum Gasteiger partial charge on any atom is -0.300 e. The summed E-state index contributed by atoms with van der Waals surface area (Å²) >= 11 is 4.84. The monoisotopic (exact) mass is 372 g/mol. The number of hydrogen-bond acceptors (Lipinski definition) is 3. The van der Waals surface area contributed by atoms with Crippen LogP contribution in [0.3, 0.4) is 0 Å². The van der Waals surface area contributed by atoms with E-state index in [-0.39, 0.29) is 5.91 Å². The molecular weight excluding hydrogens is 360 g/mol. The van der Waals surface area contributed by atoms with Crippen LogP contribution in [0.1, 0.15) is 11.1 Å². The molecule has 0 bridgehead atoms. The highest BCUT2D eigenvalue weighted by atomic mass is 79.9. The number of nitrogens with one attached hydrogen (secondary N) is 1. The van der Waals surface area contributed by atoms with Crippen LogP contribution in [-0.2, 0) is 4.79 Å². The first kappa shape index (κ1) is 15.1. The van der Waals surface area contributed by atoms with Crippen molar-refractivity contribution in [3.63, 3.8) is 0 Å². The van der Waals surface area contributed by atoms with E-state index in [4.69, 9.17) is 0 Å². The SMILES string of the molecule is Cc1cccc(N=C2NC(=O)C(=Cc3ccccc3Br)S2)c1. The number of hydrogen-bond donors (Lipinski definition) is 1. The van der Waals surface area contributed by atoms with Gasteiger partial charge in [0.15, 0.2) is 5.17 Å². The van der Waals surface area contributed by atoms with Gasteiger partial charge in [-0.2, -0.15) is 0 Å². The summed E-state index contributed by atoms with van der Waals surface area (Å²) in [7, 11) is 0. The molecule has 3 rings (SSSR count). The Labute approximate surface area is 141 Å². The van der Waals surface area contributed by atoms with Crippen molar-refractivity contribution in [1.29, 1.82) is 0 Å². The number of carbonyl (C=O) groups is 1. The standard InChI is InChI=1S/C17H13BrN2OS/c1-11-5-4-7-13(9-11)19-17-20-16(21)15(22-17)10-12-6-2-3-8-14(12)18/h2-10H,1H3,(H,19,20,21). The van der Waals surface area contributed by atoms with Crippen molar-refractivity contribution < 1.29 is 4.79 Å². The normalized spacial score (nSPS) is 18.0. The van der Waals surface area contributed by atoms with Crippen molar-refractivity contribution in [1.82, 2.24) is 5.32 Å². The van der Waals surface area contributed by atoms with E-state index < -0.39 is 0 Å². The average Bonchev–Trinajstić information content (AvgIpc) is 2.81. The minimum absolute atomic E-state index is 0.118. The van der Waals surface area contributed by atoms with Crippen LogP contribution in [0.5, 0.6) is 0 Å². The average molecular weight is 373 g/mol. The molecule has 0 unspecified atom stereocenters. The van der Waals surface area contributed by atoms with Gasteiger partial charge in [0.25, 0.3) is 5.91 Å². The van der Waals surface area contributed by atoms with Gasteiger partial charge in [-0.15, -0.1) is 0 Å². The summed E-state index contributed by atoms with van der Waals surface area (Å²) in [5.74, 6) is -0.118. The largest absolute Gasteiger partial charge is 0.300 e. The molecule has 0 radical (unpaired) electrons. The maximum absolute atomic E-state index is 12.1. The molecule has 1 saturated heterocycles. The van der Waals surface area contributed by atoms with Crippen LogP contribution in [0.15, 0.2) is 62.9 Å². The summed E-state index contributed by atoms with van der Waals surface area (Å²) < 4.78 is 0.958. The first-order valence-electron chi connectivity index (χ1n) is 6.72. The minimum atomic E-state index is -0.118. The summed E-state index contributed by atoms with van der Waals surface area (Å²) in [5, 5.41) is 3.41. The topological polar surface area (TPSA) is 41.5 Å². The van der Waals surface area contributed by atoms with Crippen LogP contribution in [-0.4, -0.2) is 11.1 Å². The lowest BCUT2D eigenvalue weighted by molar-refractivity contribution is -0.115. The number of aliphatic imine (C=N–C) groups is 1. The van der Waals surface area contributed by atoms with Crippen molar-refractivity contribution >= 4 is 50.5 Å². The van der Waals surface area contributed by atoms with Crippen molar-refractivity contribution in [3.8, 4) is 0 Å². The van der Waals surface area contributed by atoms with E-state index in [0.717, 1.165) is 21.3 Å². The smallest absolute Gasteiger partial charge is 0.264 e. The van der Waals surface area contributed by atoms with E-state index >= 15 is 0 Å². The Morgan fingerprint density at radius 1 is 1.18 bits per heavy atom. The van der Waals surface area contributed by atoms with E-state index in [1.54, 1.807) is 0 Å². The number of thioether (sulfide) groups is 1. The fourth-order valence-corrected chi connectivity index (χ4v) is 3.26. The number of rotatable bonds is 2. The first-order chi connectivity index (χ1) is 10.6. The summed E-state index contributed by atoms with van der Waals surface area (Å²) in [4.78, 5) is 17.2. The summed E-state index contributed by atoms with van der Waals surface area (Å²) in [6.07, 6.45) is 1.86. The zero-order valence-corrected chi connectivity index (χ0v) is 14.2. The number of aryl methyl sites for hydroxylation is 1. The van der Waals surface area contributed by atoms with Gasteiger partial charge in [0.2, 0.25) is 0 Å². The maximum atomic E-state index is 12.1. The summed E-state index contributed by atoms with van der Waals surface area (Å²) in [6, 6.07) is 15.7. The highest BCUT2D eigenvalue weighted by Crippen LogP contribution is 2.29. The van der Waals surface area contributed by atoms with Crippen LogP contribution in [0, 0.1) is 6.92 Å². The number of carbonyl (C=O) groups excluding carboxylic acids is 1. The van der Waals surface area contributed by atoms with E-state index in [9.17, 15) is 4.79 Å². The number of benzene rings is 2. The van der Waals surface area contributed by atoms with E-state index in [2.05, 4.69) is 26.2 Å². The highest BCUT2D eigenvalue weighted by molar-refractivity contribution is 9.10. The molecule has 22 heavy (non-hydrogen) atoms. The lowest BCUT2D eigenvalue weighted by atomic mass is 10.2. The van der Waals surface area contributed by atoms with E-state index in [1.165, 1.54) is 11.8 Å². The van der Waals surface area contributed by atoms with E-state index in [0.29, 0.717) is 10.1 Å². The van der Waals surface area contributed by atoms with Crippen molar-refractivity contribution in [2.24, 2.45) is 4.99 Å². The second kappa shape index (κ2) is 6.50.